The third kappa shape index (κ3) is 2.86. The Labute approximate surface area is 141 Å². The van der Waals surface area contributed by atoms with Crippen molar-refractivity contribution in [2.24, 2.45) is 0 Å². The van der Waals surface area contributed by atoms with Gasteiger partial charge in [-0.05, 0) is 44.1 Å². The predicted molar refractivity (Wildman–Crippen MR) is 88.8 cm³/mol. The molecule has 0 saturated heterocycles. The van der Waals surface area contributed by atoms with Crippen LogP contribution in [0.25, 0.3) is 0 Å². The average molecular weight is 326 g/mol. The van der Waals surface area contributed by atoms with E-state index in [1.807, 2.05) is 0 Å². The molecule has 0 bridgehead atoms. The largest absolute Gasteiger partial charge is 0.361 e. The zero-order chi connectivity index (χ0) is 17.1. The molecule has 1 aliphatic rings. The molecule has 0 unspecified atom stereocenters. The van der Waals surface area contributed by atoms with Crippen molar-refractivity contribution in [3.05, 3.63) is 44.2 Å². The van der Waals surface area contributed by atoms with Crippen LogP contribution in [0.15, 0.2) is 9.32 Å². The molecule has 2 aromatic rings. The van der Waals surface area contributed by atoms with Crippen molar-refractivity contribution in [1.82, 2.24) is 14.9 Å². The van der Waals surface area contributed by atoms with Crippen LogP contribution in [0, 0.1) is 11.3 Å². The minimum atomic E-state index is -0.319. The molecule has 0 spiro atoms. The number of aryl methyl sites for hydroxylation is 2. The van der Waals surface area contributed by atoms with Gasteiger partial charge in [-0.3, -0.25) is 4.79 Å². The summed E-state index contributed by atoms with van der Waals surface area (Å²) >= 11 is 0. The summed E-state index contributed by atoms with van der Waals surface area (Å²) in [6.45, 7) is 4.41. The number of hydrogen-bond donors (Lipinski definition) is 0. The van der Waals surface area contributed by atoms with Crippen molar-refractivity contribution < 1.29 is 4.52 Å². The smallest absolute Gasteiger partial charge is 0.285 e. The van der Waals surface area contributed by atoms with Crippen molar-refractivity contribution in [2.45, 2.75) is 65.3 Å². The molecule has 2 heterocycles. The molecule has 0 fully saturated rings. The minimum absolute atomic E-state index is 0.245. The van der Waals surface area contributed by atoms with Crippen molar-refractivity contribution in [2.75, 3.05) is 0 Å². The third-order valence-corrected chi connectivity index (χ3v) is 4.62. The molecule has 6 nitrogen and oxygen atoms in total. The second-order valence-corrected chi connectivity index (χ2v) is 6.22. The molecule has 0 radical (unpaired) electrons. The number of nitrogens with zero attached hydrogens (tertiary/aromatic N) is 4. The highest BCUT2D eigenvalue weighted by Gasteiger charge is 2.22. The Morgan fingerprint density at radius 1 is 1.29 bits per heavy atom. The van der Waals surface area contributed by atoms with Crippen LogP contribution in [-0.2, 0) is 32.2 Å². The van der Waals surface area contributed by atoms with Crippen molar-refractivity contribution in [3.63, 3.8) is 0 Å². The van der Waals surface area contributed by atoms with Gasteiger partial charge in [-0.25, -0.2) is 4.68 Å². The molecule has 0 amide bonds. The van der Waals surface area contributed by atoms with E-state index in [2.05, 4.69) is 30.2 Å². The lowest BCUT2D eigenvalue weighted by molar-refractivity contribution is 0.372. The van der Waals surface area contributed by atoms with Crippen LogP contribution in [0.2, 0.25) is 0 Å². The molecular formula is C18H22N4O2. The fraction of sp³-hybridized carbons (Fsp3) is 0.556. The van der Waals surface area contributed by atoms with Crippen LogP contribution in [0.1, 0.15) is 66.9 Å². The summed E-state index contributed by atoms with van der Waals surface area (Å²) in [6, 6.07) is 2.09. The lowest BCUT2D eigenvalue weighted by Crippen LogP contribution is -2.30. The molecular weight excluding hydrogens is 304 g/mol. The molecule has 0 N–H and O–H groups in total. The van der Waals surface area contributed by atoms with Gasteiger partial charge in [-0.1, -0.05) is 19.0 Å². The van der Waals surface area contributed by atoms with Crippen molar-refractivity contribution in [1.29, 1.82) is 5.26 Å². The lowest BCUT2D eigenvalue weighted by atomic mass is 9.93. The van der Waals surface area contributed by atoms with E-state index < -0.39 is 0 Å². The molecule has 0 aliphatic heterocycles. The summed E-state index contributed by atoms with van der Waals surface area (Å²) in [6.07, 6.45) is 6.28. The first-order valence-corrected chi connectivity index (χ1v) is 8.68. The molecule has 1 aliphatic carbocycles. The van der Waals surface area contributed by atoms with Crippen LogP contribution >= 0.6 is 0 Å². The van der Waals surface area contributed by atoms with Crippen molar-refractivity contribution in [3.8, 4) is 6.07 Å². The Morgan fingerprint density at radius 3 is 2.79 bits per heavy atom. The van der Waals surface area contributed by atoms with E-state index in [-0.39, 0.29) is 17.7 Å². The van der Waals surface area contributed by atoms with Gasteiger partial charge in [0.25, 0.3) is 5.56 Å². The summed E-state index contributed by atoms with van der Waals surface area (Å²) in [5.74, 6) is 0.890. The zero-order valence-corrected chi connectivity index (χ0v) is 14.3. The fourth-order valence-corrected chi connectivity index (χ4v) is 3.41. The molecule has 24 heavy (non-hydrogen) atoms. The SMILES string of the molecule is CCCc1onc(Cn2nc3c(c(C#N)c2=O)CCCC3)c1CC. The molecule has 0 atom stereocenters. The van der Waals surface area contributed by atoms with Gasteiger partial charge in [0.15, 0.2) is 0 Å². The average Bonchev–Trinajstić information content (AvgIpc) is 2.97. The number of hydrogen-bond acceptors (Lipinski definition) is 5. The predicted octanol–water partition coefficient (Wildman–Crippen LogP) is 2.54. The number of aromatic nitrogens is 3. The highest BCUT2D eigenvalue weighted by atomic mass is 16.5. The van der Waals surface area contributed by atoms with Crippen LogP contribution in [0.3, 0.4) is 0 Å². The molecule has 0 aromatic carbocycles. The number of rotatable bonds is 5. The van der Waals surface area contributed by atoms with Gasteiger partial charge in [-0.2, -0.15) is 10.4 Å². The summed E-state index contributed by atoms with van der Waals surface area (Å²) in [7, 11) is 0. The van der Waals surface area contributed by atoms with E-state index in [0.29, 0.717) is 0 Å². The summed E-state index contributed by atoms with van der Waals surface area (Å²) < 4.78 is 6.83. The Hall–Kier alpha value is -2.42. The normalized spacial score (nSPS) is 13.5. The topological polar surface area (TPSA) is 84.7 Å². The zero-order valence-electron chi connectivity index (χ0n) is 14.3. The maximum absolute atomic E-state index is 12.6. The van der Waals surface area contributed by atoms with Gasteiger partial charge >= 0.3 is 0 Å². The number of nitriles is 1. The summed E-state index contributed by atoms with van der Waals surface area (Å²) in [5.41, 5.74) is 3.45. The fourth-order valence-electron chi connectivity index (χ4n) is 3.41. The van der Waals surface area contributed by atoms with Gasteiger partial charge < -0.3 is 4.52 Å². The maximum Gasteiger partial charge on any atom is 0.285 e. The highest BCUT2D eigenvalue weighted by molar-refractivity contribution is 5.39. The molecule has 126 valence electrons. The molecule has 2 aromatic heterocycles. The van der Waals surface area contributed by atoms with Gasteiger partial charge in [0, 0.05) is 12.0 Å². The summed E-state index contributed by atoms with van der Waals surface area (Å²) in [4.78, 5) is 12.6. The van der Waals surface area contributed by atoms with Gasteiger partial charge in [0.2, 0.25) is 0 Å². The molecule has 3 rings (SSSR count). The Bertz CT molecular complexity index is 842. The van der Waals surface area contributed by atoms with E-state index in [9.17, 15) is 10.1 Å². The van der Waals surface area contributed by atoms with E-state index in [1.165, 1.54) is 4.68 Å². The first-order chi connectivity index (χ1) is 11.7. The van der Waals surface area contributed by atoms with Gasteiger partial charge in [0.05, 0.1) is 12.2 Å². The van der Waals surface area contributed by atoms with Crippen LogP contribution in [0.5, 0.6) is 0 Å². The Morgan fingerprint density at radius 2 is 2.08 bits per heavy atom. The van der Waals surface area contributed by atoms with Crippen LogP contribution < -0.4 is 5.56 Å². The highest BCUT2D eigenvalue weighted by Crippen LogP contribution is 2.21. The van der Waals surface area contributed by atoms with E-state index in [1.54, 1.807) is 0 Å². The van der Waals surface area contributed by atoms with Crippen molar-refractivity contribution >= 4 is 0 Å². The first kappa shape index (κ1) is 16.4. The molecule has 6 heteroatoms. The van der Waals surface area contributed by atoms with Crippen LogP contribution in [-0.4, -0.2) is 14.9 Å². The van der Waals surface area contributed by atoms with E-state index in [0.717, 1.165) is 73.2 Å². The van der Waals surface area contributed by atoms with E-state index >= 15 is 0 Å². The second-order valence-electron chi connectivity index (χ2n) is 6.22. The first-order valence-electron chi connectivity index (χ1n) is 8.68. The summed E-state index contributed by atoms with van der Waals surface area (Å²) in [5, 5.41) is 18.1. The number of fused-ring (bicyclic) bond motifs is 1. The lowest BCUT2D eigenvalue weighted by Gasteiger charge is -2.17. The van der Waals surface area contributed by atoms with Crippen LogP contribution in [0.4, 0.5) is 0 Å². The minimum Gasteiger partial charge on any atom is -0.361 e. The Kier molecular flexibility index (Phi) is 4.79. The monoisotopic (exact) mass is 326 g/mol. The second kappa shape index (κ2) is 7.00. The van der Waals surface area contributed by atoms with E-state index in [4.69, 9.17) is 4.52 Å². The molecule has 0 saturated carbocycles. The quantitative estimate of drug-likeness (QED) is 0.843. The van der Waals surface area contributed by atoms with Gasteiger partial charge in [0.1, 0.15) is 23.1 Å². The standard InChI is InChI=1S/C18H22N4O2/c1-3-7-17-12(4-2)16(21-24-17)11-22-18(23)14(10-19)13-8-5-6-9-15(13)20-22/h3-9,11H2,1-2H3. The van der Waals surface area contributed by atoms with Gasteiger partial charge in [-0.15, -0.1) is 0 Å². The maximum atomic E-state index is 12.6. The Balaban J connectivity index is 2.02. The third-order valence-electron chi connectivity index (χ3n) is 4.62.